The third kappa shape index (κ3) is 2.79. The van der Waals surface area contributed by atoms with Crippen molar-refractivity contribution in [2.45, 2.75) is 6.04 Å². The Labute approximate surface area is 101 Å². The zero-order valence-corrected chi connectivity index (χ0v) is 9.45. The molecule has 0 radical (unpaired) electrons. The molecule has 0 aliphatic heterocycles. The molecule has 0 saturated carbocycles. The highest BCUT2D eigenvalue weighted by molar-refractivity contribution is 7.09. The predicted octanol–water partition coefficient (Wildman–Crippen LogP) is 2.52. The zero-order chi connectivity index (χ0) is 12.3. The van der Waals surface area contributed by atoms with Crippen LogP contribution in [-0.4, -0.2) is 16.1 Å². The van der Waals surface area contributed by atoms with Gasteiger partial charge in [-0.3, -0.25) is 4.98 Å². The van der Waals surface area contributed by atoms with Crippen molar-refractivity contribution >= 4 is 23.0 Å². The molecular weight excluding hydrogens is 243 g/mol. The number of aliphatic carboxylic acids is 1. The average Bonchev–Trinajstić information content (AvgIpc) is 2.81. The topological polar surface area (TPSA) is 62.2 Å². The highest BCUT2D eigenvalue weighted by Crippen LogP contribution is 2.22. The van der Waals surface area contributed by atoms with Gasteiger partial charge in [0.25, 0.3) is 0 Å². The number of hydrogen-bond acceptors (Lipinski definition) is 4. The van der Waals surface area contributed by atoms with Gasteiger partial charge in [-0.05, 0) is 24.3 Å². The SMILES string of the molecule is O=C(O)C(Nc1ccc(F)cc1)c1cncs1. The van der Waals surface area contributed by atoms with Gasteiger partial charge >= 0.3 is 5.97 Å². The monoisotopic (exact) mass is 252 g/mol. The molecule has 1 aromatic carbocycles. The van der Waals surface area contributed by atoms with E-state index in [4.69, 9.17) is 5.11 Å². The van der Waals surface area contributed by atoms with E-state index in [9.17, 15) is 9.18 Å². The van der Waals surface area contributed by atoms with E-state index in [-0.39, 0.29) is 5.82 Å². The highest BCUT2D eigenvalue weighted by atomic mass is 32.1. The number of halogens is 1. The van der Waals surface area contributed by atoms with Crippen LogP contribution in [0.4, 0.5) is 10.1 Å². The minimum atomic E-state index is -1.00. The molecule has 2 rings (SSSR count). The molecule has 4 nitrogen and oxygen atoms in total. The number of nitrogens with one attached hydrogen (secondary N) is 1. The second kappa shape index (κ2) is 4.92. The summed E-state index contributed by atoms with van der Waals surface area (Å²) in [6.45, 7) is 0. The quantitative estimate of drug-likeness (QED) is 0.877. The fourth-order valence-corrected chi connectivity index (χ4v) is 2.00. The number of benzene rings is 1. The van der Waals surface area contributed by atoms with E-state index >= 15 is 0 Å². The molecule has 0 aliphatic carbocycles. The molecule has 1 atom stereocenters. The summed E-state index contributed by atoms with van der Waals surface area (Å²) in [6, 6.07) is 4.66. The summed E-state index contributed by atoms with van der Waals surface area (Å²) in [4.78, 5) is 15.5. The van der Waals surface area contributed by atoms with Crippen molar-refractivity contribution in [1.29, 1.82) is 0 Å². The summed E-state index contributed by atoms with van der Waals surface area (Å²) >= 11 is 1.25. The van der Waals surface area contributed by atoms with Crippen molar-refractivity contribution < 1.29 is 14.3 Å². The normalized spacial score (nSPS) is 12.1. The summed E-state index contributed by atoms with van der Waals surface area (Å²) in [6.07, 6.45) is 1.50. The van der Waals surface area contributed by atoms with Gasteiger partial charge in [-0.15, -0.1) is 11.3 Å². The van der Waals surface area contributed by atoms with Crippen molar-refractivity contribution in [2.75, 3.05) is 5.32 Å². The summed E-state index contributed by atoms with van der Waals surface area (Å²) in [5.41, 5.74) is 2.12. The first kappa shape index (κ1) is 11.5. The van der Waals surface area contributed by atoms with Crippen LogP contribution in [0.2, 0.25) is 0 Å². The van der Waals surface area contributed by atoms with Crippen LogP contribution in [-0.2, 0) is 4.79 Å². The molecule has 2 aromatic rings. The van der Waals surface area contributed by atoms with Crippen LogP contribution in [0.5, 0.6) is 0 Å². The van der Waals surface area contributed by atoms with Gasteiger partial charge in [0.15, 0.2) is 6.04 Å². The second-order valence-electron chi connectivity index (χ2n) is 3.33. The van der Waals surface area contributed by atoms with E-state index in [1.165, 1.54) is 41.8 Å². The third-order valence-corrected chi connectivity index (χ3v) is 2.98. The van der Waals surface area contributed by atoms with Crippen LogP contribution in [0.1, 0.15) is 10.9 Å². The minimum Gasteiger partial charge on any atom is -0.479 e. The lowest BCUT2D eigenvalue weighted by Crippen LogP contribution is -2.19. The molecule has 88 valence electrons. The number of nitrogens with zero attached hydrogens (tertiary/aromatic N) is 1. The van der Waals surface area contributed by atoms with Crippen LogP contribution in [0.25, 0.3) is 0 Å². The summed E-state index contributed by atoms with van der Waals surface area (Å²) < 4.78 is 12.7. The van der Waals surface area contributed by atoms with Crippen molar-refractivity contribution in [1.82, 2.24) is 4.98 Å². The molecular formula is C11H9FN2O2S. The number of carbonyl (C=O) groups is 1. The van der Waals surface area contributed by atoms with Crippen molar-refractivity contribution in [3.8, 4) is 0 Å². The van der Waals surface area contributed by atoms with Gasteiger partial charge in [-0.1, -0.05) is 0 Å². The van der Waals surface area contributed by atoms with E-state index in [1.807, 2.05) is 0 Å². The van der Waals surface area contributed by atoms with Gasteiger partial charge in [0.1, 0.15) is 5.82 Å². The number of rotatable bonds is 4. The standard InChI is InChI=1S/C11H9FN2O2S/c12-7-1-3-8(4-2-7)14-10(11(15)16)9-5-13-6-17-9/h1-6,10,14H,(H,15,16). The van der Waals surface area contributed by atoms with Crippen molar-refractivity contribution in [2.24, 2.45) is 0 Å². The number of anilines is 1. The number of thiazole rings is 1. The molecule has 17 heavy (non-hydrogen) atoms. The Hall–Kier alpha value is -1.95. The van der Waals surface area contributed by atoms with E-state index in [0.29, 0.717) is 10.6 Å². The zero-order valence-electron chi connectivity index (χ0n) is 8.63. The predicted molar refractivity (Wildman–Crippen MR) is 62.5 cm³/mol. The summed E-state index contributed by atoms with van der Waals surface area (Å²) in [5, 5.41) is 11.9. The molecule has 1 aromatic heterocycles. The molecule has 0 bridgehead atoms. The first-order chi connectivity index (χ1) is 8.16. The first-order valence-corrected chi connectivity index (χ1v) is 5.68. The Bertz CT molecular complexity index is 499. The largest absolute Gasteiger partial charge is 0.479 e. The molecule has 2 N–H and O–H groups in total. The molecule has 0 fully saturated rings. The fourth-order valence-electron chi connectivity index (χ4n) is 1.34. The molecule has 6 heteroatoms. The Kier molecular flexibility index (Phi) is 3.34. The number of hydrogen-bond donors (Lipinski definition) is 2. The van der Waals surface area contributed by atoms with E-state index < -0.39 is 12.0 Å². The van der Waals surface area contributed by atoms with E-state index in [2.05, 4.69) is 10.3 Å². The lowest BCUT2D eigenvalue weighted by molar-refractivity contribution is -0.138. The first-order valence-electron chi connectivity index (χ1n) is 4.80. The Morgan fingerprint density at radius 3 is 2.65 bits per heavy atom. The van der Waals surface area contributed by atoms with Gasteiger partial charge in [-0.2, -0.15) is 0 Å². The Morgan fingerprint density at radius 1 is 1.41 bits per heavy atom. The van der Waals surface area contributed by atoms with Crippen molar-refractivity contribution in [3.05, 3.63) is 46.7 Å². The smallest absolute Gasteiger partial charge is 0.331 e. The van der Waals surface area contributed by atoms with Crippen LogP contribution in [0.3, 0.4) is 0 Å². The maximum Gasteiger partial charge on any atom is 0.331 e. The third-order valence-electron chi connectivity index (χ3n) is 2.14. The average molecular weight is 252 g/mol. The molecule has 0 aliphatic rings. The number of carboxylic acid groups (broad SMARTS) is 1. The van der Waals surface area contributed by atoms with Gasteiger partial charge < -0.3 is 10.4 Å². The summed E-state index contributed by atoms with van der Waals surface area (Å²) in [5.74, 6) is -1.36. The molecule has 0 spiro atoms. The lowest BCUT2D eigenvalue weighted by Gasteiger charge is -2.13. The molecule has 1 unspecified atom stereocenters. The Morgan fingerprint density at radius 2 is 2.12 bits per heavy atom. The molecule has 0 saturated heterocycles. The second-order valence-corrected chi connectivity index (χ2v) is 4.24. The van der Waals surface area contributed by atoms with E-state index in [1.54, 1.807) is 5.51 Å². The van der Waals surface area contributed by atoms with Gasteiger partial charge in [0.05, 0.1) is 10.4 Å². The van der Waals surface area contributed by atoms with Gasteiger partial charge in [0, 0.05) is 11.9 Å². The van der Waals surface area contributed by atoms with Crippen LogP contribution in [0.15, 0.2) is 36.0 Å². The van der Waals surface area contributed by atoms with Crippen LogP contribution >= 0.6 is 11.3 Å². The lowest BCUT2D eigenvalue weighted by atomic mass is 10.2. The van der Waals surface area contributed by atoms with Gasteiger partial charge in [-0.25, -0.2) is 9.18 Å². The van der Waals surface area contributed by atoms with Crippen molar-refractivity contribution in [3.63, 3.8) is 0 Å². The maximum atomic E-state index is 12.7. The fraction of sp³-hybridized carbons (Fsp3) is 0.0909. The Balaban J connectivity index is 2.19. The summed E-state index contributed by atoms with van der Waals surface area (Å²) in [7, 11) is 0. The van der Waals surface area contributed by atoms with Gasteiger partial charge in [0.2, 0.25) is 0 Å². The van der Waals surface area contributed by atoms with Crippen LogP contribution in [0, 0.1) is 5.82 Å². The minimum absolute atomic E-state index is 0.361. The number of carboxylic acids is 1. The maximum absolute atomic E-state index is 12.7. The molecule has 0 amide bonds. The van der Waals surface area contributed by atoms with Crippen LogP contribution < -0.4 is 5.32 Å². The molecule has 1 heterocycles. The highest BCUT2D eigenvalue weighted by Gasteiger charge is 2.20. The number of aromatic nitrogens is 1. The van der Waals surface area contributed by atoms with E-state index in [0.717, 1.165) is 0 Å².